The van der Waals surface area contributed by atoms with Crippen LogP contribution in [0.25, 0.3) is 0 Å². The first-order valence-electron chi connectivity index (χ1n) is 6.44. The second kappa shape index (κ2) is 5.20. The van der Waals surface area contributed by atoms with Crippen molar-refractivity contribution in [2.24, 2.45) is 0 Å². The van der Waals surface area contributed by atoms with Gasteiger partial charge in [-0.25, -0.2) is 9.78 Å². The highest BCUT2D eigenvalue weighted by atomic mass is 32.1. The average Bonchev–Trinajstić information content (AvgIpc) is 2.96. The van der Waals surface area contributed by atoms with E-state index in [1.807, 2.05) is 0 Å². The molecule has 6 heteroatoms. The molecule has 0 amide bonds. The Hall–Kier alpha value is -1.95. The maximum atomic E-state index is 11.5. The molecule has 2 aromatic rings. The lowest BCUT2D eigenvalue weighted by atomic mass is 10.0. The number of nitrogens with zero attached hydrogens (tertiary/aromatic N) is 3. The van der Waals surface area contributed by atoms with E-state index in [9.17, 15) is 4.79 Å². The maximum Gasteiger partial charge on any atom is 0.358 e. The van der Waals surface area contributed by atoms with Crippen molar-refractivity contribution in [3.8, 4) is 0 Å². The standard InChI is InChI=1S/C14H15N3O2S/c1-9-10-4-6-20-12(10)3-5-17(9)13-8-15-7-11(16-13)14(18)19-2/h4,6-9H,3,5H2,1-2H3. The number of aromatic nitrogens is 2. The molecular formula is C14H15N3O2S. The summed E-state index contributed by atoms with van der Waals surface area (Å²) in [6.45, 7) is 3.03. The maximum absolute atomic E-state index is 11.5. The van der Waals surface area contributed by atoms with Crippen LogP contribution in [0.5, 0.6) is 0 Å². The van der Waals surface area contributed by atoms with Gasteiger partial charge in [0.25, 0.3) is 0 Å². The molecule has 5 nitrogen and oxygen atoms in total. The number of esters is 1. The Morgan fingerprint density at radius 2 is 2.35 bits per heavy atom. The van der Waals surface area contributed by atoms with Crippen LogP contribution in [0.1, 0.15) is 33.9 Å². The molecule has 1 atom stereocenters. The molecule has 1 unspecified atom stereocenters. The predicted octanol–water partition coefficient (Wildman–Crippen LogP) is 2.45. The number of ether oxygens (including phenoxy) is 1. The van der Waals surface area contributed by atoms with E-state index in [2.05, 4.69) is 33.2 Å². The second-order valence-corrected chi connectivity index (χ2v) is 5.67. The molecule has 20 heavy (non-hydrogen) atoms. The molecular weight excluding hydrogens is 274 g/mol. The minimum Gasteiger partial charge on any atom is -0.464 e. The van der Waals surface area contributed by atoms with Gasteiger partial charge in [-0.15, -0.1) is 11.3 Å². The first-order chi connectivity index (χ1) is 9.70. The molecule has 0 spiro atoms. The van der Waals surface area contributed by atoms with Crippen molar-refractivity contribution in [1.29, 1.82) is 0 Å². The average molecular weight is 289 g/mol. The van der Waals surface area contributed by atoms with E-state index < -0.39 is 5.97 Å². The van der Waals surface area contributed by atoms with Crippen LogP contribution < -0.4 is 4.90 Å². The number of fused-ring (bicyclic) bond motifs is 1. The van der Waals surface area contributed by atoms with Gasteiger partial charge >= 0.3 is 5.97 Å². The van der Waals surface area contributed by atoms with Gasteiger partial charge in [0.1, 0.15) is 5.82 Å². The molecule has 0 aliphatic carbocycles. The first-order valence-corrected chi connectivity index (χ1v) is 7.32. The lowest BCUT2D eigenvalue weighted by molar-refractivity contribution is 0.0593. The normalized spacial score (nSPS) is 17.7. The molecule has 1 aliphatic heterocycles. The number of carbonyl (C=O) groups is 1. The SMILES string of the molecule is COC(=O)c1cncc(N2CCc3sccc3C2C)n1. The van der Waals surface area contributed by atoms with Crippen LogP contribution in [0, 0.1) is 0 Å². The van der Waals surface area contributed by atoms with E-state index in [4.69, 9.17) is 4.74 Å². The van der Waals surface area contributed by atoms with Gasteiger partial charge in [0, 0.05) is 11.4 Å². The Balaban J connectivity index is 1.92. The van der Waals surface area contributed by atoms with Crippen LogP contribution in [0.15, 0.2) is 23.8 Å². The molecule has 0 fully saturated rings. The molecule has 0 aromatic carbocycles. The van der Waals surface area contributed by atoms with Crippen molar-refractivity contribution in [2.45, 2.75) is 19.4 Å². The van der Waals surface area contributed by atoms with Crippen LogP contribution in [0.3, 0.4) is 0 Å². The fraction of sp³-hybridized carbons (Fsp3) is 0.357. The van der Waals surface area contributed by atoms with Crippen molar-refractivity contribution >= 4 is 23.1 Å². The van der Waals surface area contributed by atoms with E-state index in [0.717, 1.165) is 18.8 Å². The van der Waals surface area contributed by atoms with Crippen LogP contribution in [0.2, 0.25) is 0 Å². The lowest BCUT2D eigenvalue weighted by Crippen LogP contribution is -2.34. The van der Waals surface area contributed by atoms with Gasteiger partial charge in [-0.05, 0) is 30.4 Å². The van der Waals surface area contributed by atoms with Crippen molar-refractivity contribution in [3.05, 3.63) is 40.0 Å². The van der Waals surface area contributed by atoms with E-state index in [1.54, 1.807) is 17.5 Å². The number of carbonyl (C=O) groups excluding carboxylic acids is 1. The molecule has 0 saturated heterocycles. The molecule has 0 N–H and O–H groups in total. The highest BCUT2D eigenvalue weighted by Crippen LogP contribution is 2.34. The summed E-state index contributed by atoms with van der Waals surface area (Å²) >= 11 is 1.80. The molecule has 1 aliphatic rings. The van der Waals surface area contributed by atoms with Crippen LogP contribution in [0.4, 0.5) is 5.82 Å². The summed E-state index contributed by atoms with van der Waals surface area (Å²) in [6, 6.07) is 2.40. The first kappa shape index (κ1) is 13.1. The fourth-order valence-electron chi connectivity index (χ4n) is 2.52. The van der Waals surface area contributed by atoms with Crippen molar-refractivity contribution in [1.82, 2.24) is 9.97 Å². The zero-order valence-electron chi connectivity index (χ0n) is 11.4. The summed E-state index contributed by atoms with van der Waals surface area (Å²) < 4.78 is 4.69. The summed E-state index contributed by atoms with van der Waals surface area (Å²) in [6.07, 6.45) is 4.13. The van der Waals surface area contributed by atoms with Gasteiger partial charge in [-0.2, -0.15) is 0 Å². The van der Waals surface area contributed by atoms with E-state index in [0.29, 0.717) is 0 Å². The summed E-state index contributed by atoms with van der Waals surface area (Å²) in [7, 11) is 1.35. The predicted molar refractivity (Wildman–Crippen MR) is 77.2 cm³/mol. The van der Waals surface area contributed by atoms with Crippen molar-refractivity contribution < 1.29 is 9.53 Å². The lowest BCUT2D eigenvalue weighted by Gasteiger charge is -2.34. The number of thiophene rings is 1. The second-order valence-electron chi connectivity index (χ2n) is 4.67. The third kappa shape index (κ3) is 2.16. The number of anilines is 1. The van der Waals surface area contributed by atoms with Crippen molar-refractivity contribution in [2.75, 3.05) is 18.6 Å². The zero-order chi connectivity index (χ0) is 14.1. The van der Waals surface area contributed by atoms with E-state index in [-0.39, 0.29) is 11.7 Å². The Kier molecular flexibility index (Phi) is 3.40. The molecule has 104 valence electrons. The number of hydrogen-bond donors (Lipinski definition) is 0. The minimum absolute atomic E-state index is 0.243. The van der Waals surface area contributed by atoms with Gasteiger partial charge in [0.05, 0.1) is 25.5 Å². The third-order valence-electron chi connectivity index (χ3n) is 3.59. The summed E-state index contributed by atoms with van der Waals surface area (Å²) in [4.78, 5) is 23.6. The summed E-state index contributed by atoms with van der Waals surface area (Å²) in [5, 5.41) is 2.13. The molecule has 2 aromatic heterocycles. The zero-order valence-corrected chi connectivity index (χ0v) is 12.2. The van der Waals surface area contributed by atoms with Gasteiger partial charge in [-0.3, -0.25) is 4.98 Å². The fourth-order valence-corrected chi connectivity index (χ4v) is 3.48. The number of methoxy groups -OCH3 is 1. The Labute approximate surface area is 121 Å². The van der Waals surface area contributed by atoms with Gasteiger partial charge in [-0.1, -0.05) is 0 Å². The number of hydrogen-bond acceptors (Lipinski definition) is 6. The van der Waals surface area contributed by atoms with E-state index >= 15 is 0 Å². The molecule has 0 bridgehead atoms. The molecule has 0 saturated carbocycles. The van der Waals surface area contributed by atoms with E-state index in [1.165, 1.54) is 23.7 Å². The van der Waals surface area contributed by atoms with Gasteiger partial charge in [0.15, 0.2) is 5.69 Å². The molecule has 3 rings (SSSR count). The van der Waals surface area contributed by atoms with Crippen LogP contribution >= 0.6 is 11.3 Å². The van der Waals surface area contributed by atoms with Gasteiger partial charge < -0.3 is 9.64 Å². The smallest absolute Gasteiger partial charge is 0.358 e. The molecule has 0 radical (unpaired) electrons. The summed E-state index contributed by atoms with van der Waals surface area (Å²) in [5.74, 6) is 0.262. The largest absolute Gasteiger partial charge is 0.464 e. The Morgan fingerprint density at radius 3 is 3.15 bits per heavy atom. The summed E-state index contributed by atoms with van der Waals surface area (Å²) in [5.41, 5.74) is 1.58. The molecule has 3 heterocycles. The topological polar surface area (TPSA) is 55.3 Å². The monoisotopic (exact) mass is 289 g/mol. The third-order valence-corrected chi connectivity index (χ3v) is 4.58. The minimum atomic E-state index is -0.458. The van der Waals surface area contributed by atoms with Crippen LogP contribution in [-0.2, 0) is 11.2 Å². The highest BCUT2D eigenvalue weighted by molar-refractivity contribution is 7.10. The Bertz CT molecular complexity index is 641. The van der Waals surface area contributed by atoms with Crippen LogP contribution in [-0.4, -0.2) is 29.6 Å². The van der Waals surface area contributed by atoms with Gasteiger partial charge in [0.2, 0.25) is 0 Å². The Morgan fingerprint density at radius 1 is 1.50 bits per heavy atom. The highest BCUT2D eigenvalue weighted by Gasteiger charge is 2.26. The van der Waals surface area contributed by atoms with Crippen molar-refractivity contribution in [3.63, 3.8) is 0 Å². The quantitative estimate of drug-likeness (QED) is 0.795. The number of rotatable bonds is 2.